The zero-order valence-corrected chi connectivity index (χ0v) is 13.7. The molecule has 2 aromatic rings. The Kier molecular flexibility index (Phi) is 5.19. The standard InChI is InChI=1S/C18H21NO6/c1-10(21)19-15-17(23)16(22)14(9-20)25-18(15)24-13-7-6-11-4-2-3-5-12(11)8-13/h2-8,14-18,20,22-23H,9H2,1H3,(H,19,21)/t14-,15+,16+,17+,18-/m1/s1. The van der Waals surface area contributed by atoms with E-state index in [4.69, 9.17) is 9.47 Å². The fraction of sp³-hybridized carbons (Fsp3) is 0.389. The van der Waals surface area contributed by atoms with Crippen LogP contribution in [0.4, 0.5) is 0 Å². The molecule has 0 unspecified atom stereocenters. The summed E-state index contributed by atoms with van der Waals surface area (Å²) in [6, 6.07) is 12.2. The second kappa shape index (κ2) is 7.37. The van der Waals surface area contributed by atoms with Gasteiger partial charge in [0.1, 0.15) is 30.1 Å². The first-order valence-electron chi connectivity index (χ1n) is 8.04. The third-order valence-corrected chi connectivity index (χ3v) is 4.22. The van der Waals surface area contributed by atoms with E-state index in [0.29, 0.717) is 5.75 Å². The van der Waals surface area contributed by atoms with Crippen LogP contribution in [0.3, 0.4) is 0 Å². The van der Waals surface area contributed by atoms with Gasteiger partial charge in [-0.25, -0.2) is 0 Å². The summed E-state index contributed by atoms with van der Waals surface area (Å²) in [7, 11) is 0. The minimum atomic E-state index is -1.33. The Balaban J connectivity index is 1.86. The summed E-state index contributed by atoms with van der Waals surface area (Å²) in [6.45, 7) is 0.812. The zero-order valence-electron chi connectivity index (χ0n) is 13.7. The quantitative estimate of drug-likeness (QED) is 0.628. The lowest BCUT2D eigenvalue weighted by Crippen LogP contribution is -2.65. The highest BCUT2D eigenvalue weighted by molar-refractivity contribution is 5.83. The minimum absolute atomic E-state index is 0.394. The molecule has 134 valence electrons. The number of hydrogen-bond donors (Lipinski definition) is 4. The minimum Gasteiger partial charge on any atom is -0.463 e. The van der Waals surface area contributed by atoms with Crippen molar-refractivity contribution in [3.63, 3.8) is 0 Å². The van der Waals surface area contributed by atoms with Gasteiger partial charge in [-0.3, -0.25) is 4.79 Å². The van der Waals surface area contributed by atoms with Crippen molar-refractivity contribution in [3.8, 4) is 5.75 Å². The van der Waals surface area contributed by atoms with Crippen molar-refractivity contribution in [2.45, 2.75) is 37.6 Å². The lowest BCUT2D eigenvalue weighted by molar-refractivity contribution is -0.244. The molecule has 1 amide bonds. The van der Waals surface area contributed by atoms with Gasteiger partial charge in [-0.1, -0.05) is 30.3 Å². The van der Waals surface area contributed by atoms with Crippen LogP contribution in [0.5, 0.6) is 5.75 Å². The summed E-state index contributed by atoms with van der Waals surface area (Å²) in [5.41, 5.74) is 0. The second-order valence-corrected chi connectivity index (χ2v) is 6.06. The molecule has 0 radical (unpaired) electrons. The molecule has 4 N–H and O–H groups in total. The van der Waals surface area contributed by atoms with Gasteiger partial charge < -0.3 is 30.1 Å². The average Bonchev–Trinajstić information content (AvgIpc) is 2.61. The number of carbonyl (C=O) groups excluding carboxylic acids is 1. The van der Waals surface area contributed by atoms with E-state index in [9.17, 15) is 20.1 Å². The topological polar surface area (TPSA) is 108 Å². The van der Waals surface area contributed by atoms with Crippen molar-refractivity contribution in [1.82, 2.24) is 5.32 Å². The number of aliphatic hydroxyl groups excluding tert-OH is 3. The number of benzene rings is 2. The number of carbonyl (C=O) groups is 1. The van der Waals surface area contributed by atoms with E-state index >= 15 is 0 Å². The van der Waals surface area contributed by atoms with Crippen LogP contribution < -0.4 is 10.1 Å². The molecule has 1 fully saturated rings. The summed E-state index contributed by atoms with van der Waals surface area (Å²) in [6.07, 6.45) is -4.73. The number of hydrogen-bond acceptors (Lipinski definition) is 6. The van der Waals surface area contributed by atoms with E-state index in [1.807, 2.05) is 36.4 Å². The highest BCUT2D eigenvalue weighted by atomic mass is 16.7. The summed E-state index contributed by atoms with van der Waals surface area (Å²) in [5, 5.41) is 34.2. The van der Waals surface area contributed by atoms with Gasteiger partial charge in [0.25, 0.3) is 0 Å². The van der Waals surface area contributed by atoms with Crippen LogP contribution in [-0.2, 0) is 9.53 Å². The molecule has 7 nitrogen and oxygen atoms in total. The Morgan fingerprint density at radius 1 is 1.16 bits per heavy atom. The summed E-state index contributed by atoms with van der Waals surface area (Å²) in [5.74, 6) is 0.0914. The van der Waals surface area contributed by atoms with Gasteiger partial charge >= 0.3 is 0 Å². The third kappa shape index (κ3) is 3.74. The number of amides is 1. The smallest absolute Gasteiger partial charge is 0.223 e. The number of aliphatic hydroxyl groups is 3. The van der Waals surface area contributed by atoms with Crippen LogP contribution in [-0.4, -0.2) is 58.5 Å². The molecule has 0 aliphatic carbocycles. The Bertz CT molecular complexity index is 751. The van der Waals surface area contributed by atoms with E-state index in [1.54, 1.807) is 6.07 Å². The van der Waals surface area contributed by atoms with Gasteiger partial charge in [-0.15, -0.1) is 0 Å². The van der Waals surface area contributed by atoms with Gasteiger partial charge in [-0.05, 0) is 22.9 Å². The first-order valence-corrected chi connectivity index (χ1v) is 8.04. The molecule has 25 heavy (non-hydrogen) atoms. The molecular weight excluding hydrogens is 326 g/mol. The lowest BCUT2D eigenvalue weighted by Gasteiger charge is -2.42. The fourth-order valence-electron chi connectivity index (χ4n) is 2.95. The van der Waals surface area contributed by atoms with Gasteiger partial charge in [0.15, 0.2) is 0 Å². The normalized spacial score (nSPS) is 29.4. The highest BCUT2D eigenvalue weighted by Gasteiger charge is 2.46. The van der Waals surface area contributed by atoms with Crippen molar-refractivity contribution < 1.29 is 29.6 Å². The number of nitrogens with one attached hydrogen (secondary N) is 1. The molecule has 3 rings (SSSR count). The van der Waals surface area contributed by atoms with E-state index in [-0.39, 0.29) is 0 Å². The molecular formula is C18H21NO6. The molecule has 0 bridgehead atoms. The second-order valence-electron chi connectivity index (χ2n) is 6.06. The molecule has 0 aromatic heterocycles. The summed E-state index contributed by atoms with van der Waals surface area (Å²) in [4.78, 5) is 11.4. The number of fused-ring (bicyclic) bond motifs is 1. The van der Waals surface area contributed by atoms with E-state index < -0.39 is 43.2 Å². The third-order valence-electron chi connectivity index (χ3n) is 4.22. The van der Waals surface area contributed by atoms with E-state index in [2.05, 4.69) is 5.32 Å². The molecule has 1 aliphatic rings. The summed E-state index contributed by atoms with van der Waals surface area (Å²) >= 11 is 0. The maximum absolute atomic E-state index is 11.4. The predicted molar refractivity (Wildman–Crippen MR) is 89.9 cm³/mol. The maximum Gasteiger partial charge on any atom is 0.223 e. The Hall–Kier alpha value is -2.19. The molecule has 1 heterocycles. The van der Waals surface area contributed by atoms with Crippen LogP contribution in [0.1, 0.15) is 6.92 Å². The Morgan fingerprint density at radius 3 is 2.56 bits per heavy atom. The Labute approximate surface area is 144 Å². The average molecular weight is 347 g/mol. The number of ether oxygens (including phenoxy) is 2. The van der Waals surface area contributed by atoms with Crippen molar-refractivity contribution in [2.75, 3.05) is 6.61 Å². The largest absolute Gasteiger partial charge is 0.463 e. The first kappa shape index (κ1) is 17.6. The van der Waals surface area contributed by atoms with Crippen molar-refractivity contribution in [2.24, 2.45) is 0 Å². The SMILES string of the molecule is CC(=O)N[C@@H]1[C@H](Oc2ccc3ccccc3c2)O[C@H](CO)[C@H](O)[C@H]1O. The molecule has 7 heteroatoms. The molecule has 2 aromatic carbocycles. The van der Waals surface area contributed by atoms with E-state index in [0.717, 1.165) is 10.8 Å². The lowest BCUT2D eigenvalue weighted by atomic mass is 9.97. The number of rotatable bonds is 4. The van der Waals surface area contributed by atoms with Crippen LogP contribution >= 0.6 is 0 Å². The summed E-state index contributed by atoms with van der Waals surface area (Å²) < 4.78 is 11.4. The molecule has 5 atom stereocenters. The van der Waals surface area contributed by atoms with Gasteiger partial charge in [-0.2, -0.15) is 0 Å². The molecule has 0 saturated carbocycles. The van der Waals surface area contributed by atoms with E-state index in [1.165, 1.54) is 6.92 Å². The van der Waals surface area contributed by atoms with Crippen LogP contribution in [0.25, 0.3) is 10.8 Å². The monoisotopic (exact) mass is 347 g/mol. The van der Waals surface area contributed by atoms with Gasteiger partial charge in [0.05, 0.1) is 6.61 Å². The van der Waals surface area contributed by atoms with Crippen LogP contribution in [0.2, 0.25) is 0 Å². The molecule has 1 aliphatic heterocycles. The molecule has 0 spiro atoms. The zero-order chi connectivity index (χ0) is 18.0. The predicted octanol–water partition coefficient (Wildman–Crippen LogP) is 0.162. The van der Waals surface area contributed by atoms with Gasteiger partial charge in [0.2, 0.25) is 12.2 Å². The highest BCUT2D eigenvalue weighted by Crippen LogP contribution is 2.26. The Morgan fingerprint density at radius 2 is 1.88 bits per heavy atom. The first-order chi connectivity index (χ1) is 12.0. The van der Waals surface area contributed by atoms with Crippen molar-refractivity contribution in [3.05, 3.63) is 42.5 Å². The van der Waals surface area contributed by atoms with Crippen molar-refractivity contribution in [1.29, 1.82) is 0 Å². The van der Waals surface area contributed by atoms with Crippen molar-refractivity contribution >= 4 is 16.7 Å². The van der Waals surface area contributed by atoms with Gasteiger partial charge in [0, 0.05) is 6.92 Å². The maximum atomic E-state index is 11.4. The van der Waals surface area contributed by atoms with Crippen LogP contribution in [0.15, 0.2) is 42.5 Å². The molecule has 1 saturated heterocycles. The van der Waals surface area contributed by atoms with Crippen LogP contribution in [0, 0.1) is 0 Å². The fourth-order valence-corrected chi connectivity index (χ4v) is 2.95.